The van der Waals surface area contributed by atoms with Crippen LogP contribution in [0, 0.1) is 11.3 Å². The molecule has 1 unspecified atom stereocenters. The monoisotopic (exact) mass is 341 g/mol. The molecule has 0 aromatic heterocycles. The predicted octanol–water partition coefficient (Wildman–Crippen LogP) is 1.80. The third-order valence-corrected chi connectivity index (χ3v) is 5.28. The van der Waals surface area contributed by atoms with E-state index in [1.165, 1.54) is 0 Å². The first kappa shape index (κ1) is 17.4. The number of nitriles is 1. The van der Waals surface area contributed by atoms with Gasteiger partial charge in [0.2, 0.25) is 5.91 Å². The van der Waals surface area contributed by atoms with Crippen LogP contribution in [0.3, 0.4) is 0 Å². The minimum atomic E-state index is -0.758. The van der Waals surface area contributed by atoms with Crippen molar-refractivity contribution in [2.45, 2.75) is 31.2 Å². The van der Waals surface area contributed by atoms with E-state index >= 15 is 0 Å². The Morgan fingerprint density at radius 1 is 1.28 bits per heavy atom. The van der Waals surface area contributed by atoms with Crippen molar-refractivity contribution in [1.29, 1.82) is 5.26 Å². The van der Waals surface area contributed by atoms with Gasteiger partial charge in [-0.05, 0) is 37.8 Å². The number of methoxy groups -OCH3 is 1. The van der Waals surface area contributed by atoms with Crippen LogP contribution in [0.15, 0.2) is 24.3 Å². The number of ether oxygens (including phenoxy) is 1. The molecule has 2 fully saturated rings. The van der Waals surface area contributed by atoms with E-state index in [0.717, 1.165) is 12.8 Å². The van der Waals surface area contributed by atoms with E-state index in [9.17, 15) is 14.9 Å². The topological polar surface area (TPSA) is 73.6 Å². The lowest BCUT2D eigenvalue weighted by atomic mass is 9.85. The fourth-order valence-electron chi connectivity index (χ4n) is 4.05. The Morgan fingerprint density at radius 3 is 2.72 bits per heavy atom. The molecule has 1 aromatic carbocycles. The first-order valence-electron chi connectivity index (χ1n) is 8.73. The minimum Gasteiger partial charge on any atom is -0.383 e. The SMILES string of the molecule is COCCN1CCCC2(CCCN2C(=O)c2ccccc2C#N)C1=O. The van der Waals surface area contributed by atoms with Crippen molar-refractivity contribution in [3.05, 3.63) is 35.4 Å². The zero-order valence-electron chi connectivity index (χ0n) is 14.5. The van der Waals surface area contributed by atoms with E-state index < -0.39 is 5.54 Å². The number of likely N-dealkylation sites (tertiary alicyclic amines) is 2. The van der Waals surface area contributed by atoms with Crippen molar-refractivity contribution < 1.29 is 14.3 Å². The number of carbonyl (C=O) groups excluding carboxylic acids is 2. The van der Waals surface area contributed by atoms with Gasteiger partial charge in [0.05, 0.1) is 23.8 Å². The maximum Gasteiger partial charge on any atom is 0.256 e. The van der Waals surface area contributed by atoms with Crippen LogP contribution in [0.25, 0.3) is 0 Å². The number of piperidine rings is 1. The molecule has 2 saturated heterocycles. The highest BCUT2D eigenvalue weighted by molar-refractivity contribution is 6.01. The minimum absolute atomic E-state index is 0.0242. The van der Waals surface area contributed by atoms with Gasteiger partial charge in [-0.2, -0.15) is 5.26 Å². The normalized spacial score (nSPS) is 23.1. The molecule has 0 bridgehead atoms. The van der Waals surface area contributed by atoms with Gasteiger partial charge < -0.3 is 14.5 Å². The van der Waals surface area contributed by atoms with Crippen LogP contribution in [0.5, 0.6) is 0 Å². The molecule has 2 amide bonds. The summed E-state index contributed by atoms with van der Waals surface area (Å²) >= 11 is 0. The molecular weight excluding hydrogens is 318 g/mol. The summed E-state index contributed by atoms with van der Waals surface area (Å²) in [5.74, 6) is -0.187. The predicted molar refractivity (Wildman–Crippen MR) is 91.8 cm³/mol. The van der Waals surface area contributed by atoms with E-state index in [-0.39, 0.29) is 11.8 Å². The number of rotatable bonds is 4. The van der Waals surface area contributed by atoms with Crippen molar-refractivity contribution in [3.63, 3.8) is 0 Å². The average Bonchev–Trinajstić information content (AvgIpc) is 3.07. The molecule has 6 heteroatoms. The molecule has 25 heavy (non-hydrogen) atoms. The summed E-state index contributed by atoms with van der Waals surface area (Å²) in [6.45, 7) is 2.31. The Kier molecular flexibility index (Phi) is 5.05. The Bertz CT molecular complexity index is 712. The first-order chi connectivity index (χ1) is 12.1. The van der Waals surface area contributed by atoms with Crippen LogP contribution >= 0.6 is 0 Å². The number of amides is 2. The molecule has 6 nitrogen and oxygen atoms in total. The van der Waals surface area contributed by atoms with Crippen LogP contribution in [0.1, 0.15) is 41.6 Å². The van der Waals surface area contributed by atoms with Crippen molar-refractivity contribution in [2.75, 3.05) is 33.4 Å². The third-order valence-electron chi connectivity index (χ3n) is 5.28. The Balaban J connectivity index is 1.90. The van der Waals surface area contributed by atoms with Gasteiger partial charge in [-0.25, -0.2) is 0 Å². The summed E-state index contributed by atoms with van der Waals surface area (Å²) < 4.78 is 5.11. The van der Waals surface area contributed by atoms with Crippen LogP contribution in [-0.2, 0) is 9.53 Å². The van der Waals surface area contributed by atoms with Gasteiger partial charge in [0.25, 0.3) is 5.91 Å². The summed E-state index contributed by atoms with van der Waals surface area (Å²) in [4.78, 5) is 29.8. The zero-order chi connectivity index (χ0) is 17.9. The molecule has 1 spiro atoms. The van der Waals surface area contributed by atoms with E-state index in [1.807, 2.05) is 4.90 Å². The maximum absolute atomic E-state index is 13.2. The van der Waals surface area contributed by atoms with Gasteiger partial charge in [-0.15, -0.1) is 0 Å². The molecule has 1 atom stereocenters. The number of hydrogen-bond acceptors (Lipinski definition) is 4. The largest absolute Gasteiger partial charge is 0.383 e. The third kappa shape index (κ3) is 3.00. The summed E-state index contributed by atoms with van der Waals surface area (Å²) in [6, 6.07) is 8.89. The molecule has 132 valence electrons. The number of hydrogen-bond donors (Lipinski definition) is 0. The van der Waals surface area contributed by atoms with Gasteiger partial charge >= 0.3 is 0 Å². The lowest BCUT2D eigenvalue weighted by molar-refractivity contribution is -0.146. The summed E-state index contributed by atoms with van der Waals surface area (Å²) in [6.07, 6.45) is 3.06. The van der Waals surface area contributed by atoms with Crippen molar-refractivity contribution in [1.82, 2.24) is 9.80 Å². The maximum atomic E-state index is 13.2. The standard InChI is InChI=1S/C19H23N3O3/c1-25-13-12-21-10-4-8-19(18(21)24)9-5-11-22(19)17(23)16-7-3-2-6-15(16)14-20/h2-3,6-7H,4-5,8-13H2,1H3. The zero-order valence-corrected chi connectivity index (χ0v) is 14.5. The van der Waals surface area contributed by atoms with Crippen molar-refractivity contribution in [2.24, 2.45) is 0 Å². The lowest BCUT2D eigenvalue weighted by Crippen LogP contribution is -2.61. The van der Waals surface area contributed by atoms with Gasteiger partial charge in [0.15, 0.2) is 0 Å². The highest BCUT2D eigenvalue weighted by Gasteiger charge is 2.52. The van der Waals surface area contributed by atoms with Crippen LogP contribution in [-0.4, -0.2) is 60.5 Å². The van der Waals surface area contributed by atoms with Crippen LogP contribution in [0.4, 0.5) is 0 Å². The van der Waals surface area contributed by atoms with Gasteiger partial charge in [-0.3, -0.25) is 9.59 Å². The molecule has 0 radical (unpaired) electrons. The Hall–Kier alpha value is -2.39. The molecule has 3 rings (SSSR count). The lowest BCUT2D eigenvalue weighted by Gasteiger charge is -2.44. The van der Waals surface area contributed by atoms with Crippen LogP contribution < -0.4 is 0 Å². The van der Waals surface area contributed by atoms with E-state index in [0.29, 0.717) is 50.2 Å². The van der Waals surface area contributed by atoms with Gasteiger partial charge in [0.1, 0.15) is 5.54 Å². The van der Waals surface area contributed by atoms with Crippen molar-refractivity contribution in [3.8, 4) is 6.07 Å². The van der Waals surface area contributed by atoms with E-state index in [2.05, 4.69) is 6.07 Å². The second kappa shape index (κ2) is 7.24. The molecule has 2 aliphatic rings. The summed E-state index contributed by atoms with van der Waals surface area (Å²) in [5, 5.41) is 9.29. The van der Waals surface area contributed by atoms with Crippen LogP contribution in [0.2, 0.25) is 0 Å². The second-order valence-electron chi connectivity index (χ2n) is 6.64. The quantitative estimate of drug-likeness (QED) is 0.837. The fraction of sp³-hybridized carbons (Fsp3) is 0.526. The number of benzene rings is 1. The molecule has 0 N–H and O–H groups in total. The Morgan fingerprint density at radius 2 is 2.00 bits per heavy atom. The Labute approximate surface area is 148 Å². The highest BCUT2D eigenvalue weighted by atomic mass is 16.5. The molecule has 0 saturated carbocycles. The van der Waals surface area contributed by atoms with Gasteiger partial charge in [-0.1, -0.05) is 12.1 Å². The van der Waals surface area contributed by atoms with E-state index in [4.69, 9.17) is 4.74 Å². The number of carbonyl (C=O) groups is 2. The summed E-state index contributed by atoms with van der Waals surface area (Å²) in [7, 11) is 1.62. The second-order valence-corrected chi connectivity index (χ2v) is 6.64. The van der Waals surface area contributed by atoms with Crippen molar-refractivity contribution >= 4 is 11.8 Å². The highest BCUT2D eigenvalue weighted by Crippen LogP contribution is 2.39. The van der Waals surface area contributed by atoms with E-state index in [1.54, 1.807) is 36.3 Å². The average molecular weight is 341 g/mol. The summed E-state index contributed by atoms with van der Waals surface area (Å²) in [5.41, 5.74) is -0.0202. The smallest absolute Gasteiger partial charge is 0.256 e. The molecule has 1 aromatic rings. The molecule has 2 heterocycles. The molecular formula is C19H23N3O3. The first-order valence-corrected chi connectivity index (χ1v) is 8.73. The molecule has 0 aliphatic carbocycles. The molecule has 2 aliphatic heterocycles. The number of nitrogens with zero attached hydrogens (tertiary/aromatic N) is 3. The van der Waals surface area contributed by atoms with Gasteiger partial charge in [0, 0.05) is 26.7 Å². The fourth-order valence-corrected chi connectivity index (χ4v) is 4.05.